The van der Waals surface area contributed by atoms with E-state index in [2.05, 4.69) is 14.5 Å². The molecule has 0 saturated carbocycles. The second-order valence-electron chi connectivity index (χ2n) is 6.74. The number of aliphatic hydroxyl groups excluding tert-OH is 2. The second kappa shape index (κ2) is 7.37. The van der Waals surface area contributed by atoms with Gasteiger partial charge in [0.15, 0.2) is 0 Å². The van der Waals surface area contributed by atoms with E-state index in [9.17, 15) is 10.2 Å². The van der Waals surface area contributed by atoms with Gasteiger partial charge >= 0.3 is 0 Å². The summed E-state index contributed by atoms with van der Waals surface area (Å²) in [6.07, 6.45) is 3.71. The first-order valence-electron chi connectivity index (χ1n) is 8.88. The summed E-state index contributed by atoms with van der Waals surface area (Å²) in [5.74, 6) is 0. The van der Waals surface area contributed by atoms with Crippen LogP contribution in [0, 0.1) is 0 Å². The molecule has 0 radical (unpaired) electrons. The fraction of sp³-hybridized carbons (Fsp3) is 0.350. The van der Waals surface area contributed by atoms with Gasteiger partial charge in [0.2, 0.25) is 0 Å². The van der Waals surface area contributed by atoms with Crippen molar-refractivity contribution >= 4 is 22.5 Å². The number of β-amino-alcohol motifs (C(OH)–C–C–N with tert-alkyl or cyclic N) is 1. The van der Waals surface area contributed by atoms with Crippen LogP contribution in [0.1, 0.15) is 22.9 Å². The first-order valence-corrected chi connectivity index (χ1v) is 9.26. The molecule has 5 nitrogen and oxygen atoms in total. The molecule has 0 bridgehead atoms. The van der Waals surface area contributed by atoms with E-state index in [1.807, 2.05) is 30.3 Å². The SMILES string of the molecule is OCCN1CCc2c(c3cc(Cl)ccc3n2CC(O)c2ccncc2)C1. The standard InChI is InChI=1S/C20H22ClN3O2/c21-15-1-2-18-16(11-15)17-12-23(9-10-25)8-5-19(17)24(18)13-20(26)14-3-6-22-7-4-14/h1-4,6-7,11,20,25-26H,5,8-10,12-13H2. The number of rotatable bonds is 5. The molecule has 0 fully saturated rings. The number of halogens is 1. The van der Waals surface area contributed by atoms with Gasteiger partial charge in [-0.15, -0.1) is 0 Å². The molecule has 26 heavy (non-hydrogen) atoms. The number of hydrogen-bond donors (Lipinski definition) is 2. The average molecular weight is 372 g/mol. The Labute approximate surface area is 157 Å². The highest BCUT2D eigenvalue weighted by atomic mass is 35.5. The lowest BCUT2D eigenvalue weighted by molar-refractivity contribution is 0.154. The maximum Gasteiger partial charge on any atom is 0.0970 e. The highest BCUT2D eigenvalue weighted by Crippen LogP contribution is 2.34. The predicted octanol–water partition coefficient (Wildman–Crippen LogP) is 2.77. The monoisotopic (exact) mass is 371 g/mol. The third kappa shape index (κ3) is 3.23. The minimum atomic E-state index is -0.594. The van der Waals surface area contributed by atoms with Gasteiger partial charge in [-0.2, -0.15) is 0 Å². The van der Waals surface area contributed by atoms with Crippen LogP contribution in [0.2, 0.25) is 5.02 Å². The molecule has 1 aliphatic rings. The molecule has 6 heteroatoms. The lowest BCUT2D eigenvalue weighted by Gasteiger charge is -2.27. The third-order valence-electron chi connectivity index (χ3n) is 5.16. The van der Waals surface area contributed by atoms with Crippen molar-refractivity contribution in [2.75, 3.05) is 19.7 Å². The van der Waals surface area contributed by atoms with Crippen molar-refractivity contribution in [3.63, 3.8) is 0 Å². The van der Waals surface area contributed by atoms with E-state index < -0.39 is 6.10 Å². The molecule has 0 amide bonds. The Hall–Kier alpha value is -1.92. The van der Waals surface area contributed by atoms with Crippen LogP contribution in [0.25, 0.3) is 10.9 Å². The largest absolute Gasteiger partial charge is 0.395 e. The molecule has 3 heterocycles. The van der Waals surface area contributed by atoms with E-state index >= 15 is 0 Å². The van der Waals surface area contributed by atoms with E-state index in [0.717, 1.165) is 36.0 Å². The van der Waals surface area contributed by atoms with Gasteiger partial charge in [-0.3, -0.25) is 9.88 Å². The smallest absolute Gasteiger partial charge is 0.0970 e. The summed E-state index contributed by atoms with van der Waals surface area (Å²) >= 11 is 6.25. The van der Waals surface area contributed by atoms with Crippen LogP contribution in [0.5, 0.6) is 0 Å². The normalized spacial score (nSPS) is 16.0. The van der Waals surface area contributed by atoms with Gasteiger partial charge in [-0.1, -0.05) is 11.6 Å². The van der Waals surface area contributed by atoms with Crippen LogP contribution in [0.3, 0.4) is 0 Å². The second-order valence-corrected chi connectivity index (χ2v) is 7.18. The van der Waals surface area contributed by atoms with Gasteiger partial charge in [0.1, 0.15) is 0 Å². The molecule has 136 valence electrons. The Kier molecular flexibility index (Phi) is 4.96. The van der Waals surface area contributed by atoms with Crippen LogP contribution in [-0.2, 0) is 19.5 Å². The number of nitrogens with zero attached hydrogens (tertiary/aromatic N) is 3. The maximum atomic E-state index is 10.7. The van der Waals surface area contributed by atoms with Gasteiger partial charge < -0.3 is 14.8 Å². The molecule has 2 N–H and O–H groups in total. The molecular formula is C20H22ClN3O2. The Balaban J connectivity index is 1.75. The van der Waals surface area contributed by atoms with Gasteiger partial charge in [-0.05, 0) is 41.5 Å². The van der Waals surface area contributed by atoms with Crippen LogP contribution in [0.15, 0.2) is 42.7 Å². The molecular weight excluding hydrogens is 350 g/mol. The molecule has 0 saturated heterocycles. The Morgan fingerprint density at radius 3 is 2.77 bits per heavy atom. The number of fused-ring (bicyclic) bond motifs is 3. The summed E-state index contributed by atoms with van der Waals surface area (Å²) in [5, 5.41) is 21.8. The van der Waals surface area contributed by atoms with E-state index in [0.29, 0.717) is 18.1 Å². The maximum absolute atomic E-state index is 10.7. The van der Waals surface area contributed by atoms with E-state index in [1.54, 1.807) is 12.4 Å². The van der Waals surface area contributed by atoms with Gasteiger partial charge in [-0.25, -0.2) is 0 Å². The Morgan fingerprint density at radius 2 is 2.00 bits per heavy atom. The zero-order chi connectivity index (χ0) is 18.1. The first-order chi connectivity index (χ1) is 12.7. The van der Waals surface area contributed by atoms with Crippen molar-refractivity contribution in [1.82, 2.24) is 14.5 Å². The Bertz CT molecular complexity index is 910. The quantitative estimate of drug-likeness (QED) is 0.724. The summed E-state index contributed by atoms with van der Waals surface area (Å²) in [7, 11) is 0. The molecule has 4 rings (SSSR count). The van der Waals surface area contributed by atoms with E-state index in [1.165, 1.54) is 11.3 Å². The molecule has 0 aliphatic carbocycles. The zero-order valence-electron chi connectivity index (χ0n) is 14.5. The van der Waals surface area contributed by atoms with Crippen LogP contribution in [-0.4, -0.2) is 44.4 Å². The first kappa shape index (κ1) is 17.5. The van der Waals surface area contributed by atoms with E-state index in [4.69, 9.17) is 11.6 Å². The Morgan fingerprint density at radius 1 is 1.19 bits per heavy atom. The minimum absolute atomic E-state index is 0.162. The van der Waals surface area contributed by atoms with Gasteiger partial charge in [0.25, 0.3) is 0 Å². The topological polar surface area (TPSA) is 61.5 Å². The molecule has 3 aromatic rings. The van der Waals surface area contributed by atoms with Crippen molar-refractivity contribution < 1.29 is 10.2 Å². The van der Waals surface area contributed by atoms with Crippen molar-refractivity contribution in [3.8, 4) is 0 Å². The summed E-state index contributed by atoms with van der Waals surface area (Å²) in [4.78, 5) is 6.28. The van der Waals surface area contributed by atoms with Gasteiger partial charge in [0, 0.05) is 60.1 Å². The minimum Gasteiger partial charge on any atom is -0.395 e. The molecule has 2 aromatic heterocycles. The van der Waals surface area contributed by atoms with Crippen molar-refractivity contribution in [3.05, 3.63) is 64.6 Å². The van der Waals surface area contributed by atoms with Crippen molar-refractivity contribution in [1.29, 1.82) is 0 Å². The highest BCUT2D eigenvalue weighted by molar-refractivity contribution is 6.31. The van der Waals surface area contributed by atoms with Crippen molar-refractivity contribution in [2.24, 2.45) is 0 Å². The average Bonchev–Trinajstić information content (AvgIpc) is 2.95. The fourth-order valence-corrected chi connectivity index (χ4v) is 4.05. The third-order valence-corrected chi connectivity index (χ3v) is 5.39. The van der Waals surface area contributed by atoms with Crippen LogP contribution in [0.4, 0.5) is 0 Å². The summed E-state index contributed by atoms with van der Waals surface area (Å²) in [5.41, 5.74) is 4.47. The number of aromatic nitrogens is 2. The molecule has 1 aromatic carbocycles. The fourth-order valence-electron chi connectivity index (χ4n) is 3.88. The number of benzene rings is 1. The molecule has 1 unspecified atom stereocenters. The number of pyridine rings is 1. The molecule has 1 aliphatic heterocycles. The zero-order valence-corrected chi connectivity index (χ0v) is 15.2. The van der Waals surface area contributed by atoms with Gasteiger partial charge in [0.05, 0.1) is 19.3 Å². The lowest BCUT2D eigenvalue weighted by atomic mass is 10.0. The molecule has 1 atom stereocenters. The predicted molar refractivity (Wildman–Crippen MR) is 102 cm³/mol. The highest BCUT2D eigenvalue weighted by Gasteiger charge is 2.25. The van der Waals surface area contributed by atoms with Crippen LogP contribution >= 0.6 is 11.6 Å². The number of aliphatic hydroxyl groups is 2. The van der Waals surface area contributed by atoms with Crippen molar-refractivity contribution in [2.45, 2.75) is 25.6 Å². The molecule has 0 spiro atoms. The van der Waals surface area contributed by atoms with Crippen LogP contribution < -0.4 is 0 Å². The number of hydrogen-bond acceptors (Lipinski definition) is 4. The summed E-state index contributed by atoms with van der Waals surface area (Å²) in [6.45, 7) is 3.04. The van der Waals surface area contributed by atoms with E-state index in [-0.39, 0.29) is 6.61 Å². The summed E-state index contributed by atoms with van der Waals surface area (Å²) < 4.78 is 2.22. The lowest BCUT2D eigenvalue weighted by Crippen LogP contribution is -2.33. The summed E-state index contributed by atoms with van der Waals surface area (Å²) in [6, 6.07) is 9.64.